The lowest BCUT2D eigenvalue weighted by atomic mass is 10.2. The highest BCUT2D eigenvalue weighted by molar-refractivity contribution is 9.10. The molecule has 0 aromatic heterocycles. The molecule has 1 N–H and O–H groups in total. The molecule has 1 unspecified atom stereocenters. The maximum absolute atomic E-state index is 12.1. The van der Waals surface area contributed by atoms with Crippen molar-refractivity contribution in [3.63, 3.8) is 0 Å². The van der Waals surface area contributed by atoms with Crippen molar-refractivity contribution in [2.24, 2.45) is 0 Å². The van der Waals surface area contributed by atoms with Gasteiger partial charge < -0.3 is 5.32 Å². The minimum absolute atomic E-state index is 0.0825. The third kappa shape index (κ3) is 4.13. The summed E-state index contributed by atoms with van der Waals surface area (Å²) in [6.45, 7) is 0.589. The molecular weight excluding hydrogens is 364 g/mol. The maximum atomic E-state index is 12.1. The van der Waals surface area contributed by atoms with Crippen molar-refractivity contribution in [2.45, 2.75) is 5.25 Å². The first-order chi connectivity index (χ1) is 9.58. The van der Waals surface area contributed by atoms with E-state index < -0.39 is 4.92 Å². The summed E-state index contributed by atoms with van der Waals surface area (Å²) in [6.07, 6.45) is 0. The van der Waals surface area contributed by atoms with Gasteiger partial charge in [-0.05, 0) is 22.0 Å². The molecule has 1 aromatic rings. The molecule has 1 fully saturated rings. The summed E-state index contributed by atoms with van der Waals surface area (Å²) >= 11 is 7.00. The van der Waals surface area contributed by atoms with Crippen LogP contribution in [0.1, 0.15) is 10.4 Å². The second-order valence-corrected chi connectivity index (χ2v) is 7.61. The second kappa shape index (κ2) is 7.33. The number of thioether (sulfide) groups is 2. The zero-order valence-electron chi connectivity index (χ0n) is 10.5. The molecule has 1 aliphatic rings. The Kier molecular flexibility index (Phi) is 5.74. The van der Waals surface area contributed by atoms with Gasteiger partial charge in [0.25, 0.3) is 11.6 Å². The van der Waals surface area contributed by atoms with E-state index in [2.05, 4.69) is 21.2 Å². The van der Waals surface area contributed by atoms with Gasteiger partial charge in [0, 0.05) is 45.7 Å². The van der Waals surface area contributed by atoms with E-state index in [4.69, 9.17) is 0 Å². The third-order valence-corrected chi connectivity index (χ3v) is 6.32. The third-order valence-electron chi connectivity index (χ3n) is 2.78. The van der Waals surface area contributed by atoms with E-state index in [0.717, 1.165) is 17.3 Å². The topological polar surface area (TPSA) is 72.2 Å². The van der Waals surface area contributed by atoms with Crippen LogP contribution in [0.15, 0.2) is 22.7 Å². The van der Waals surface area contributed by atoms with Crippen molar-refractivity contribution in [3.05, 3.63) is 38.3 Å². The van der Waals surface area contributed by atoms with Crippen LogP contribution in [0, 0.1) is 10.1 Å². The summed E-state index contributed by atoms with van der Waals surface area (Å²) in [7, 11) is 0. The van der Waals surface area contributed by atoms with Crippen LogP contribution in [-0.4, -0.2) is 39.9 Å². The number of nitrogens with one attached hydrogen (secondary N) is 1. The molecule has 0 aliphatic carbocycles. The largest absolute Gasteiger partial charge is 0.351 e. The van der Waals surface area contributed by atoms with Crippen LogP contribution in [0.25, 0.3) is 0 Å². The molecule has 1 amide bonds. The molecule has 0 spiro atoms. The van der Waals surface area contributed by atoms with Gasteiger partial charge in [0.2, 0.25) is 0 Å². The number of non-ortho nitro benzene ring substituents is 1. The molecule has 8 heteroatoms. The number of carbonyl (C=O) groups excluding carboxylic acids is 1. The van der Waals surface area contributed by atoms with Crippen molar-refractivity contribution >= 4 is 51.0 Å². The number of halogens is 1. The molecule has 2 rings (SSSR count). The van der Waals surface area contributed by atoms with Crippen LogP contribution >= 0.6 is 39.5 Å². The molecule has 5 nitrogen and oxygen atoms in total. The summed E-state index contributed by atoms with van der Waals surface area (Å²) < 4.78 is 0.561. The normalized spacial score (nSPS) is 18.6. The minimum atomic E-state index is -0.503. The van der Waals surface area contributed by atoms with Gasteiger partial charge in [0.1, 0.15) is 0 Å². The van der Waals surface area contributed by atoms with E-state index in [1.54, 1.807) is 0 Å². The van der Waals surface area contributed by atoms with Gasteiger partial charge in [0.05, 0.1) is 10.5 Å². The highest BCUT2D eigenvalue weighted by Crippen LogP contribution is 2.24. The Bertz CT molecular complexity index is 521. The van der Waals surface area contributed by atoms with Crippen LogP contribution in [0.5, 0.6) is 0 Å². The molecule has 1 aromatic carbocycles. The van der Waals surface area contributed by atoms with Gasteiger partial charge in [-0.15, -0.1) is 0 Å². The molecule has 108 valence electrons. The van der Waals surface area contributed by atoms with E-state index in [-0.39, 0.29) is 11.6 Å². The van der Waals surface area contributed by atoms with Crippen molar-refractivity contribution in [1.82, 2.24) is 5.32 Å². The molecular formula is C12H13BrN2O3S2. The SMILES string of the molecule is O=C(NCC1CSCCS1)c1cc([N+](=O)[O-])ccc1Br. The number of nitrogens with zero attached hydrogens (tertiary/aromatic N) is 1. The summed E-state index contributed by atoms with van der Waals surface area (Å²) in [5, 5.41) is 14.0. The molecule has 0 saturated carbocycles. The van der Waals surface area contributed by atoms with Crippen molar-refractivity contribution in [3.8, 4) is 0 Å². The Balaban J connectivity index is 2.00. The maximum Gasteiger partial charge on any atom is 0.270 e. The van der Waals surface area contributed by atoms with Gasteiger partial charge in [-0.2, -0.15) is 23.5 Å². The molecule has 0 radical (unpaired) electrons. The van der Waals surface area contributed by atoms with Crippen LogP contribution in [0.4, 0.5) is 5.69 Å². The second-order valence-electron chi connectivity index (χ2n) is 4.20. The van der Waals surface area contributed by atoms with Gasteiger partial charge in [-0.25, -0.2) is 0 Å². The van der Waals surface area contributed by atoms with Crippen LogP contribution in [0.2, 0.25) is 0 Å². The predicted molar refractivity (Wildman–Crippen MR) is 86.7 cm³/mol. The lowest BCUT2D eigenvalue weighted by Gasteiger charge is -2.21. The molecule has 1 aliphatic heterocycles. The van der Waals surface area contributed by atoms with Crippen LogP contribution in [-0.2, 0) is 0 Å². The fraction of sp³-hybridized carbons (Fsp3) is 0.417. The number of rotatable bonds is 4. The summed E-state index contributed by atoms with van der Waals surface area (Å²) in [6, 6.07) is 4.19. The Labute approximate surface area is 133 Å². The Morgan fingerprint density at radius 3 is 2.95 bits per heavy atom. The number of carbonyl (C=O) groups is 1. The Morgan fingerprint density at radius 1 is 1.50 bits per heavy atom. The van der Waals surface area contributed by atoms with Crippen molar-refractivity contribution in [1.29, 1.82) is 0 Å². The molecule has 1 saturated heterocycles. The standard InChI is InChI=1S/C12H13BrN2O3S2/c13-11-2-1-8(15(17)18)5-10(11)12(16)14-6-9-7-19-3-4-20-9/h1-2,5,9H,3-4,6-7H2,(H,14,16). The van der Waals surface area contributed by atoms with Gasteiger partial charge in [-0.1, -0.05) is 0 Å². The molecule has 1 atom stereocenters. The van der Waals surface area contributed by atoms with Gasteiger partial charge >= 0.3 is 0 Å². The molecule has 20 heavy (non-hydrogen) atoms. The van der Waals surface area contributed by atoms with Crippen LogP contribution in [0.3, 0.4) is 0 Å². The number of hydrogen-bond acceptors (Lipinski definition) is 5. The lowest BCUT2D eigenvalue weighted by Crippen LogP contribution is -2.33. The Morgan fingerprint density at radius 2 is 2.30 bits per heavy atom. The fourth-order valence-corrected chi connectivity index (χ4v) is 4.80. The number of nitro benzene ring substituents is 1. The van der Waals surface area contributed by atoms with Crippen LogP contribution < -0.4 is 5.32 Å². The average molecular weight is 377 g/mol. The number of hydrogen-bond donors (Lipinski definition) is 1. The highest BCUT2D eigenvalue weighted by atomic mass is 79.9. The Hall–Kier alpha value is -0.730. The molecule has 0 bridgehead atoms. The van der Waals surface area contributed by atoms with E-state index in [1.165, 1.54) is 18.2 Å². The summed E-state index contributed by atoms with van der Waals surface area (Å²) in [5.41, 5.74) is 0.216. The predicted octanol–water partition coefficient (Wildman–Crippen LogP) is 2.94. The van der Waals surface area contributed by atoms with Gasteiger partial charge in [0.15, 0.2) is 0 Å². The fourth-order valence-electron chi connectivity index (χ4n) is 1.76. The zero-order valence-corrected chi connectivity index (χ0v) is 13.7. The van der Waals surface area contributed by atoms with E-state index in [0.29, 0.717) is 21.8 Å². The van der Waals surface area contributed by atoms with E-state index in [1.807, 2.05) is 23.5 Å². The minimum Gasteiger partial charge on any atom is -0.351 e. The number of benzene rings is 1. The first-order valence-electron chi connectivity index (χ1n) is 5.99. The number of nitro groups is 1. The summed E-state index contributed by atoms with van der Waals surface area (Å²) in [5.74, 6) is 3.01. The van der Waals surface area contributed by atoms with E-state index in [9.17, 15) is 14.9 Å². The smallest absolute Gasteiger partial charge is 0.270 e. The average Bonchev–Trinajstić information content (AvgIpc) is 2.46. The van der Waals surface area contributed by atoms with Crippen molar-refractivity contribution in [2.75, 3.05) is 23.8 Å². The monoisotopic (exact) mass is 376 g/mol. The zero-order chi connectivity index (χ0) is 14.5. The molecule has 1 heterocycles. The van der Waals surface area contributed by atoms with Crippen molar-refractivity contribution < 1.29 is 9.72 Å². The first kappa shape index (κ1) is 15.7. The summed E-state index contributed by atoms with van der Waals surface area (Å²) in [4.78, 5) is 22.3. The highest BCUT2D eigenvalue weighted by Gasteiger charge is 2.18. The quantitative estimate of drug-likeness (QED) is 0.645. The van der Waals surface area contributed by atoms with Gasteiger partial charge in [-0.3, -0.25) is 14.9 Å². The first-order valence-corrected chi connectivity index (χ1v) is 8.99. The lowest BCUT2D eigenvalue weighted by molar-refractivity contribution is -0.384. The number of amides is 1. The van der Waals surface area contributed by atoms with E-state index >= 15 is 0 Å².